The molecule has 1 aromatic carbocycles. The molecule has 3 rings (SSSR count). The number of aliphatic imine (C=N–C) groups is 1. The van der Waals surface area contributed by atoms with Crippen molar-refractivity contribution in [2.24, 2.45) is 4.99 Å². The van der Waals surface area contributed by atoms with Gasteiger partial charge in [-0.2, -0.15) is 0 Å². The number of nitrogens with zero attached hydrogens (tertiary/aromatic N) is 2. The molecule has 1 saturated heterocycles. The summed E-state index contributed by atoms with van der Waals surface area (Å²) >= 11 is 6.17. The van der Waals surface area contributed by atoms with Gasteiger partial charge in [0.25, 0.3) is 5.91 Å². The van der Waals surface area contributed by atoms with Crippen LogP contribution in [0.2, 0.25) is 0 Å². The Kier molecular flexibility index (Phi) is 2.21. The largest absolute Gasteiger partial charge is 0.329 e. The van der Waals surface area contributed by atoms with E-state index in [1.54, 1.807) is 0 Å². The van der Waals surface area contributed by atoms with Crippen LogP contribution < -0.4 is 0 Å². The summed E-state index contributed by atoms with van der Waals surface area (Å²) in [6.07, 6.45) is 1.92. The third-order valence-corrected chi connectivity index (χ3v) is 3.49. The summed E-state index contributed by atoms with van der Waals surface area (Å²) in [5.74, 6) is 0.0532. The average molecular weight is 235 g/mol. The third kappa shape index (κ3) is 1.35. The minimum absolute atomic E-state index is 0.0124. The fraction of sp³-hybridized carbons (Fsp3) is 0.333. The number of para-hydroxylation sites is 1. The Morgan fingerprint density at radius 3 is 3.06 bits per heavy atom. The van der Waals surface area contributed by atoms with Crippen LogP contribution in [0.25, 0.3) is 0 Å². The van der Waals surface area contributed by atoms with Gasteiger partial charge in [0.15, 0.2) is 0 Å². The normalized spacial score (nSPS) is 23.6. The zero-order valence-electron chi connectivity index (χ0n) is 8.69. The second-order valence-corrected chi connectivity index (χ2v) is 4.50. The summed E-state index contributed by atoms with van der Waals surface area (Å²) in [5.41, 5.74) is 1.34. The van der Waals surface area contributed by atoms with Crippen molar-refractivity contribution in [3.63, 3.8) is 0 Å². The van der Waals surface area contributed by atoms with Gasteiger partial charge in [0.05, 0.1) is 17.3 Å². The Hall–Kier alpha value is -1.35. The van der Waals surface area contributed by atoms with Gasteiger partial charge in [0.1, 0.15) is 5.17 Å². The third-order valence-electron chi connectivity index (χ3n) is 3.15. The van der Waals surface area contributed by atoms with Crippen molar-refractivity contribution in [2.45, 2.75) is 18.9 Å². The summed E-state index contributed by atoms with van der Waals surface area (Å²) in [6, 6.07) is 7.36. The molecule has 16 heavy (non-hydrogen) atoms. The predicted molar refractivity (Wildman–Crippen MR) is 63.4 cm³/mol. The van der Waals surface area contributed by atoms with Crippen LogP contribution in [0.5, 0.6) is 0 Å². The number of hydrogen-bond acceptors (Lipinski definition) is 2. The number of halogens is 1. The lowest BCUT2D eigenvalue weighted by Crippen LogP contribution is -2.37. The van der Waals surface area contributed by atoms with Crippen LogP contribution >= 0.6 is 11.6 Å². The van der Waals surface area contributed by atoms with Crippen LogP contribution in [-0.4, -0.2) is 28.6 Å². The lowest BCUT2D eigenvalue weighted by Gasteiger charge is -2.21. The number of benzene rings is 1. The Morgan fingerprint density at radius 1 is 1.38 bits per heavy atom. The van der Waals surface area contributed by atoms with E-state index in [2.05, 4.69) is 4.99 Å². The summed E-state index contributed by atoms with van der Waals surface area (Å²) in [5, 5.41) is 0.538. The van der Waals surface area contributed by atoms with E-state index in [-0.39, 0.29) is 11.9 Å². The summed E-state index contributed by atoms with van der Waals surface area (Å²) in [6.45, 7) is 0.781. The molecule has 1 aromatic rings. The molecule has 0 spiro atoms. The van der Waals surface area contributed by atoms with E-state index < -0.39 is 0 Å². The number of hydrogen-bond donors (Lipinski definition) is 0. The fourth-order valence-corrected chi connectivity index (χ4v) is 2.67. The smallest absolute Gasteiger partial charge is 0.256 e. The van der Waals surface area contributed by atoms with Crippen LogP contribution in [0, 0.1) is 0 Å². The maximum atomic E-state index is 12.3. The highest BCUT2D eigenvalue weighted by molar-refractivity contribution is 6.67. The number of rotatable bonds is 0. The van der Waals surface area contributed by atoms with Crippen molar-refractivity contribution in [1.82, 2.24) is 4.90 Å². The first kappa shape index (κ1) is 9.85. The van der Waals surface area contributed by atoms with Gasteiger partial charge in [-0.1, -0.05) is 23.7 Å². The molecule has 0 N–H and O–H groups in total. The molecule has 0 unspecified atom stereocenters. The molecule has 2 aliphatic heterocycles. The van der Waals surface area contributed by atoms with Gasteiger partial charge >= 0.3 is 0 Å². The Bertz CT molecular complexity index is 484. The van der Waals surface area contributed by atoms with Crippen molar-refractivity contribution in [2.75, 3.05) is 6.54 Å². The molecule has 0 aromatic heterocycles. The molecule has 0 radical (unpaired) electrons. The Labute approximate surface area is 98.7 Å². The Morgan fingerprint density at radius 2 is 2.19 bits per heavy atom. The van der Waals surface area contributed by atoms with Crippen molar-refractivity contribution in [3.05, 3.63) is 29.8 Å². The van der Waals surface area contributed by atoms with E-state index in [0.29, 0.717) is 16.4 Å². The molecule has 1 fully saturated rings. The molecular weight excluding hydrogens is 224 g/mol. The number of amides is 1. The zero-order chi connectivity index (χ0) is 11.1. The zero-order valence-corrected chi connectivity index (χ0v) is 9.44. The van der Waals surface area contributed by atoms with E-state index in [1.165, 1.54) is 0 Å². The average Bonchev–Trinajstić information content (AvgIpc) is 2.74. The highest BCUT2D eigenvalue weighted by Crippen LogP contribution is 2.31. The first-order chi connectivity index (χ1) is 7.77. The highest BCUT2D eigenvalue weighted by Gasteiger charge is 2.35. The second kappa shape index (κ2) is 3.59. The van der Waals surface area contributed by atoms with Gasteiger partial charge in [-0.05, 0) is 25.0 Å². The standard InChI is InChI=1S/C12H11ClN2O/c13-11-10-6-3-7-15(10)12(16)8-4-1-2-5-9(8)14-11/h1-2,4-5,10H,3,6-7H2/t10-/m0/s1. The molecule has 1 atom stereocenters. The molecular formula is C12H11ClN2O. The highest BCUT2D eigenvalue weighted by atomic mass is 35.5. The van der Waals surface area contributed by atoms with E-state index in [1.807, 2.05) is 29.2 Å². The molecule has 82 valence electrons. The van der Waals surface area contributed by atoms with Gasteiger partial charge < -0.3 is 4.90 Å². The maximum absolute atomic E-state index is 12.3. The summed E-state index contributed by atoms with van der Waals surface area (Å²) < 4.78 is 0. The van der Waals surface area contributed by atoms with Crippen LogP contribution in [-0.2, 0) is 0 Å². The van der Waals surface area contributed by atoms with Crippen LogP contribution in [0.3, 0.4) is 0 Å². The van der Waals surface area contributed by atoms with Crippen molar-refractivity contribution in [1.29, 1.82) is 0 Å². The number of carbonyl (C=O) groups is 1. The topological polar surface area (TPSA) is 32.7 Å². The van der Waals surface area contributed by atoms with Gasteiger partial charge in [-0.25, -0.2) is 4.99 Å². The van der Waals surface area contributed by atoms with Gasteiger partial charge in [-0.15, -0.1) is 0 Å². The monoisotopic (exact) mass is 234 g/mol. The van der Waals surface area contributed by atoms with Crippen molar-refractivity contribution >= 4 is 28.4 Å². The molecule has 3 nitrogen and oxygen atoms in total. The first-order valence-electron chi connectivity index (χ1n) is 5.41. The summed E-state index contributed by atoms with van der Waals surface area (Å²) in [7, 11) is 0. The minimum atomic E-state index is -0.0124. The minimum Gasteiger partial charge on any atom is -0.329 e. The molecule has 0 bridgehead atoms. The van der Waals surface area contributed by atoms with Crippen LogP contribution in [0.4, 0.5) is 5.69 Å². The lowest BCUT2D eigenvalue weighted by atomic mass is 10.1. The molecule has 4 heteroatoms. The van der Waals surface area contributed by atoms with E-state index in [4.69, 9.17) is 11.6 Å². The van der Waals surface area contributed by atoms with Gasteiger partial charge in [0.2, 0.25) is 0 Å². The lowest BCUT2D eigenvalue weighted by molar-refractivity contribution is 0.0774. The number of carbonyl (C=O) groups excluding carboxylic acids is 1. The van der Waals surface area contributed by atoms with Gasteiger partial charge in [0, 0.05) is 6.54 Å². The molecule has 2 heterocycles. The quantitative estimate of drug-likeness (QED) is 0.679. The SMILES string of the molecule is O=C1c2ccccc2N=C(Cl)[C@@H]2CCCN12. The van der Waals surface area contributed by atoms with Crippen molar-refractivity contribution < 1.29 is 4.79 Å². The summed E-state index contributed by atoms with van der Waals surface area (Å²) in [4.78, 5) is 18.4. The fourth-order valence-electron chi connectivity index (χ4n) is 2.35. The molecule has 1 amide bonds. The van der Waals surface area contributed by atoms with E-state index in [0.717, 1.165) is 19.4 Å². The van der Waals surface area contributed by atoms with E-state index in [9.17, 15) is 4.79 Å². The second-order valence-electron chi connectivity index (χ2n) is 4.11. The predicted octanol–water partition coefficient (Wildman–Crippen LogP) is 2.57. The van der Waals surface area contributed by atoms with Crippen LogP contribution in [0.1, 0.15) is 23.2 Å². The van der Waals surface area contributed by atoms with Gasteiger partial charge in [-0.3, -0.25) is 4.79 Å². The Balaban J connectivity index is 2.17. The molecule has 2 aliphatic rings. The van der Waals surface area contributed by atoms with Crippen molar-refractivity contribution in [3.8, 4) is 0 Å². The maximum Gasteiger partial charge on any atom is 0.256 e. The van der Waals surface area contributed by atoms with E-state index >= 15 is 0 Å². The molecule has 0 saturated carbocycles. The molecule has 0 aliphatic carbocycles. The number of fused-ring (bicyclic) bond motifs is 2. The first-order valence-corrected chi connectivity index (χ1v) is 5.79. The van der Waals surface area contributed by atoms with Crippen LogP contribution in [0.15, 0.2) is 29.3 Å².